The molecule has 0 saturated carbocycles. The first-order valence-electron chi connectivity index (χ1n) is 7.59. The molecular weight excluding hydrogens is 312 g/mol. The van der Waals surface area contributed by atoms with Crippen LogP contribution in [0.3, 0.4) is 0 Å². The van der Waals surface area contributed by atoms with Crippen molar-refractivity contribution in [1.29, 1.82) is 0 Å². The van der Waals surface area contributed by atoms with Crippen molar-refractivity contribution in [3.05, 3.63) is 66.5 Å². The molecule has 0 unspecified atom stereocenters. The maximum absolute atomic E-state index is 12.1. The van der Waals surface area contributed by atoms with Crippen LogP contribution < -0.4 is 16.1 Å². The zero-order valence-electron chi connectivity index (χ0n) is 13.7. The molecule has 1 aromatic carbocycles. The first-order valence-corrected chi connectivity index (χ1v) is 7.59. The number of hydrogen-bond acceptors (Lipinski definition) is 5. The molecule has 0 radical (unpaired) electrons. The third-order valence-electron chi connectivity index (χ3n) is 4.59. The van der Waals surface area contributed by atoms with Crippen molar-refractivity contribution in [2.24, 2.45) is 14.1 Å². The van der Waals surface area contributed by atoms with Gasteiger partial charge in [-0.1, -0.05) is 0 Å². The minimum Gasteiger partial charge on any atom is -0.362 e. The molecule has 0 aliphatic carbocycles. The van der Waals surface area contributed by atoms with Crippen LogP contribution in [0.1, 0.15) is 18.2 Å². The van der Waals surface area contributed by atoms with Crippen LogP contribution in [0.4, 0.5) is 11.4 Å². The van der Waals surface area contributed by atoms with E-state index in [-0.39, 0.29) is 23.0 Å². The molecule has 0 bridgehead atoms. The van der Waals surface area contributed by atoms with E-state index in [2.05, 4.69) is 4.90 Å². The molecule has 3 rings (SSSR count). The monoisotopic (exact) mass is 330 g/mol. The van der Waals surface area contributed by atoms with Crippen LogP contribution in [0, 0.1) is 10.1 Å². The van der Waals surface area contributed by atoms with E-state index in [0.29, 0.717) is 18.7 Å². The van der Waals surface area contributed by atoms with Crippen LogP contribution in [-0.4, -0.2) is 20.1 Å². The van der Waals surface area contributed by atoms with E-state index >= 15 is 0 Å². The fourth-order valence-electron chi connectivity index (χ4n) is 3.14. The van der Waals surface area contributed by atoms with E-state index in [1.807, 2.05) is 6.92 Å². The molecule has 126 valence electrons. The molecule has 2 heterocycles. The summed E-state index contributed by atoms with van der Waals surface area (Å²) in [5.41, 5.74) is 1.79. The maximum Gasteiger partial charge on any atom is 0.330 e. The summed E-state index contributed by atoms with van der Waals surface area (Å²) >= 11 is 0. The van der Waals surface area contributed by atoms with Crippen molar-refractivity contribution in [1.82, 2.24) is 9.13 Å². The number of fused-ring (bicyclic) bond motifs is 1. The van der Waals surface area contributed by atoms with E-state index in [4.69, 9.17) is 0 Å². The number of rotatable bonds is 3. The standard InChI is InChI=1S/C16H18N4O4/c1-10-6-11-7-12(20(23)24)4-5-14(11)19(10)9-13-8-15(21)18(3)16(22)17(13)2/h4-5,7-8,10H,6,9H2,1-3H3/t10-/m0/s1. The van der Waals surface area contributed by atoms with Crippen molar-refractivity contribution in [2.75, 3.05) is 4.90 Å². The zero-order chi connectivity index (χ0) is 17.6. The van der Waals surface area contributed by atoms with Crippen LogP contribution in [-0.2, 0) is 27.1 Å². The Kier molecular flexibility index (Phi) is 3.75. The van der Waals surface area contributed by atoms with Crippen molar-refractivity contribution in [2.45, 2.75) is 25.9 Å². The minimum absolute atomic E-state index is 0.0729. The summed E-state index contributed by atoms with van der Waals surface area (Å²) in [5, 5.41) is 10.9. The largest absolute Gasteiger partial charge is 0.362 e. The number of benzene rings is 1. The molecular formula is C16H18N4O4. The lowest BCUT2D eigenvalue weighted by Crippen LogP contribution is -2.40. The predicted octanol–water partition coefficient (Wildman–Crippen LogP) is 0.943. The lowest BCUT2D eigenvalue weighted by atomic mass is 10.1. The van der Waals surface area contributed by atoms with Crippen molar-refractivity contribution >= 4 is 11.4 Å². The van der Waals surface area contributed by atoms with Crippen LogP contribution in [0.2, 0.25) is 0 Å². The Labute approximate surface area is 137 Å². The highest BCUT2D eigenvalue weighted by Gasteiger charge is 2.28. The summed E-state index contributed by atoms with van der Waals surface area (Å²) in [4.78, 5) is 36.5. The average molecular weight is 330 g/mol. The summed E-state index contributed by atoms with van der Waals surface area (Å²) in [7, 11) is 3.08. The van der Waals surface area contributed by atoms with Crippen LogP contribution in [0.25, 0.3) is 0 Å². The minimum atomic E-state index is -0.405. The summed E-state index contributed by atoms with van der Waals surface area (Å²) in [6.45, 7) is 2.42. The van der Waals surface area contributed by atoms with Crippen LogP contribution >= 0.6 is 0 Å². The Bertz CT molecular complexity index is 944. The molecule has 1 aliphatic heterocycles. The number of aromatic nitrogens is 2. The summed E-state index contributed by atoms with van der Waals surface area (Å²) < 4.78 is 2.52. The fraction of sp³-hybridized carbons (Fsp3) is 0.375. The number of nitrogens with zero attached hydrogens (tertiary/aromatic N) is 4. The quantitative estimate of drug-likeness (QED) is 0.617. The first-order chi connectivity index (χ1) is 11.3. The highest BCUT2D eigenvalue weighted by atomic mass is 16.6. The molecule has 1 aliphatic rings. The topological polar surface area (TPSA) is 90.4 Å². The molecule has 8 nitrogen and oxygen atoms in total. The Morgan fingerprint density at radius 1 is 1.21 bits per heavy atom. The molecule has 0 amide bonds. The van der Waals surface area contributed by atoms with Gasteiger partial charge in [0, 0.05) is 49.7 Å². The van der Waals surface area contributed by atoms with E-state index in [1.165, 1.54) is 23.7 Å². The molecule has 2 aromatic rings. The number of nitro groups is 1. The smallest absolute Gasteiger partial charge is 0.330 e. The van der Waals surface area contributed by atoms with Gasteiger partial charge >= 0.3 is 5.69 Å². The lowest BCUT2D eigenvalue weighted by Gasteiger charge is -2.25. The second-order valence-electron chi connectivity index (χ2n) is 6.13. The average Bonchev–Trinajstić information content (AvgIpc) is 2.85. The second kappa shape index (κ2) is 5.63. The number of anilines is 1. The SMILES string of the molecule is C[C@H]1Cc2cc([N+](=O)[O-])ccc2N1Cc1cc(=O)n(C)c(=O)n1C. The van der Waals surface area contributed by atoms with Gasteiger partial charge < -0.3 is 4.90 Å². The molecule has 0 spiro atoms. The number of nitro benzene ring substituents is 1. The van der Waals surface area contributed by atoms with Gasteiger partial charge in [-0.3, -0.25) is 24.0 Å². The van der Waals surface area contributed by atoms with Crippen LogP contribution in [0.15, 0.2) is 33.9 Å². The van der Waals surface area contributed by atoms with Gasteiger partial charge in [-0.2, -0.15) is 0 Å². The van der Waals surface area contributed by atoms with Gasteiger partial charge in [-0.15, -0.1) is 0 Å². The van der Waals surface area contributed by atoms with Crippen molar-refractivity contribution < 1.29 is 4.92 Å². The van der Waals surface area contributed by atoms with Crippen LogP contribution in [0.5, 0.6) is 0 Å². The molecule has 0 fully saturated rings. The maximum atomic E-state index is 12.1. The normalized spacial score (nSPS) is 16.3. The van der Waals surface area contributed by atoms with E-state index in [1.54, 1.807) is 19.2 Å². The van der Waals surface area contributed by atoms with Gasteiger partial charge in [0.15, 0.2) is 0 Å². The molecule has 8 heteroatoms. The Hall–Kier alpha value is -2.90. The summed E-state index contributed by atoms with van der Waals surface area (Å²) in [6.07, 6.45) is 0.690. The van der Waals surface area contributed by atoms with Gasteiger partial charge in [-0.05, 0) is 25.0 Å². The third-order valence-corrected chi connectivity index (χ3v) is 4.59. The lowest BCUT2D eigenvalue weighted by molar-refractivity contribution is -0.384. The van der Waals surface area contributed by atoms with Crippen molar-refractivity contribution in [3.8, 4) is 0 Å². The van der Waals surface area contributed by atoms with Gasteiger partial charge in [0.25, 0.3) is 11.2 Å². The molecule has 24 heavy (non-hydrogen) atoms. The predicted molar refractivity (Wildman–Crippen MR) is 89.4 cm³/mol. The first kappa shape index (κ1) is 16.0. The second-order valence-corrected chi connectivity index (χ2v) is 6.13. The molecule has 1 atom stereocenters. The van der Waals surface area contributed by atoms with Gasteiger partial charge in [0.2, 0.25) is 0 Å². The van der Waals surface area contributed by atoms with Gasteiger partial charge in [0.1, 0.15) is 0 Å². The van der Waals surface area contributed by atoms with Crippen molar-refractivity contribution in [3.63, 3.8) is 0 Å². The highest BCUT2D eigenvalue weighted by Crippen LogP contribution is 2.35. The third kappa shape index (κ3) is 2.49. The van der Waals surface area contributed by atoms with Gasteiger partial charge in [0.05, 0.1) is 11.5 Å². The summed E-state index contributed by atoms with van der Waals surface area (Å²) in [6, 6.07) is 6.39. The summed E-state index contributed by atoms with van der Waals surface area (Å²) in [5.74, 6) is 0. The number of hydrogen-bond donors (Lipinski definition) is 0. The van der Waals surface area contributed by atoms with E-state index < -0.39 is 4.92 Å². The molecule has 1 aromatic heterocycles. The Morgan fingerprint density at radius 3 is 2.58 bits per heavy atom. The number of non-ortho nitro benzene ring substituents is 1. The Morgan fingerprint density at radius 2 is 1.92 bits per heavy atom. The Balaban J connectivity index is 2.00. The molecule has 0 saturated heterocycles. The zero-order valence-corrected chi connectivity index (χ0v) is 13.7. The highest BCUT2D eigenvalue weighted by molar-refractivity contribution is 5.62. The molecule has 0 N–H and O–H groups in total. The van der Waals surface area contributed by atoms with E-state index in [0.717, 1.165) is 15.8 Å². The van der Waals surface area contributed by atoms with Gasteiger partial charge in [-0.25, -0.2) is 4.79 Å². The fourth-order valence-corrected chi connectivity index (χ4v) is 3.14. The van der Waals surface area contributed by atoms with E-state index in [9.17, 15) is 19.7 Å².